The van der Waals surface area contributed by atoms with Gasteiger partial charge in [-0.05, 0) is 13.0 Å². The molecule has 2 N–H and O–H groups in total. The van der Waals surface area contributed by atoms with Gasteiger partial charge in [0.05, 0.1) is 0 Å². The lowest BCUT2D eigenvalue weighted by Gasteiger charge is -2.13. The van der Waals surface area contributed by atoms with Crippen LogP contribution in [0.1, 0.15) is 17.9 Å². The maximum absolute atomic E-state index is 13.4. The monoisotopic (exact) mass is 217 g/mol. The third-order valence-electron chi connectivity index (χ3n) is 2.65. The zero-order chi connectivity index (χ0) is 11.0. The summed E-state index contributed by atoms with van der Waals surface area (Å²) >= 11 is 0. The Morgan fingerprint density at radius 1 is 1.27 bits per heavy atom. The summed E-state index contributed by atoms with van der Waals surface area (Å²) in [6.45, 7) is 1.08. The largest absolute Gasteiger partial charge is 0.505 e. The van der Waals surface area contributed by atoms with E-state index in [4.69, 9.17) is 0 Å². The molecule has 82 valence electrons. The molecule has 0 aromatic heterocycles. The maximum Gasteiger partial charge on any atom is 0.168 e. The second-order valence-corrected chi connectivity index (χ2v) is 3.61. The molecule has 1 aromatic rings. The van der Waals surface area contributed by atoms with Gasteiger partial charge in [0.25, 0.3) is 0 Å². The Labute approximate surface area is 84.7 Å². The third kappa shape index (κ3) is 1.67. The van der Waals surface area contributed by atoms with Crippen LogP contribution < -0.4 is 5.32 Å². The molecule has 1 aliphatic rings. The molecule has 0 bridgehead atoms. The number of phenolic OH excluding ortho intramolecular Hbond substituents is 1. The van der Waals surface area contributed by atoms with E-state index in [1.54, 1.807) is 0 Å². The predicted octanol–water partition coefficient (Wildman–Crippen LogP) is 1.89. The molecule has 1 saturated heterocycles. The number of aromatic hydroxyl groups is 1. The summed E-state index contributed by atoms with van der Waals surface area (Å²) in [6.07, 6.45) is 0.563. The van der Waals surface area contributed by atoms with Crippen LogP contribution in [0.2, 0.25) is 0 Å². The lowest BCUT2D eigenvalue weighted by molar-refractivity contribution is 0.396. The van der Waals surface area contributed by atoms with Crippen LogP contribution in [-0.4, -0.2) is 18.2 Å². The first kappa shape index (κ1) is 10.3. The molecule has 1 unspecified atom stereocenters. The number of hydrogen-bond acceptors (Lipinski definition) is 2. The second kappa shape index (κ2) is 3.73. The van der Waals surface area contributed by atoms with Crippen LogP contribution >= 0.6 is 0 Å². The van der Waals surface area contributed by atoms with Crippen LogP contribution in [-0.2, 0) is 0 Å². The van der Waals surface area contributed by atoms with Crippen molar-refractivity contribution in [2.45, 2.75) is 12.3 Å². The topological polar surface area (TPSA) is 32.3 Å². The van der Waals surface area contributed by atoms with Gasteiger partial charge in [0.1, 0.15) is 0 Å². The van der Waals surface area contributed by atoms with E-state index < -0.39 is 23.2 Å². The highest BCUT2D eigenvalue weighted by Gasteiger charge is 2.27. The van der Waals surface area contributed by atoms with E-state index >= 15 is 0 Å². The Kier molecular flexibility index (Phi) is 2.56. The minimum absolute atomic E-state index is 0.252. The zero-order valence-corrected chi connectivity index (χ0v) is 7.86. The first-order valence-corrected chi connectivity index (χ1v) is 4.68. The minimum atomic E-state index is -1.26. The molecule has 1 atom stereocenters. The van der Waals surface area contributed by atoms with Crippen molar-refractivity contribution in [2.24, 2.45) is 0 Å². The van der Waals surface area contributed by atoms with Crippen molar-refractivity contribution in [1.29, 1.82) is 0 Å². The normalized spacial score (nSPS) is 20.9. The van der Waals surface area contributed by atoms with E-state index in [0.29, 0.717) is 25.6 Å². The molecule has 0 amide bonds. The molecule has 0 saturated carbocycles. The predicted molar refractivity (Wildman–Crippen MR) is 48.2 cm³/mol. The van der Waals surface area contributed by atoms with E-state index in [0.717, 1.165) is 0 Å². The molecule has 1 aliphatic heterocycles. The standard InChI is InChI=1S/C10H10F3NO/c11-6-3-7(12)10(15)8(9(6)13)5-1-2-14-4-5/h3,5,14-15H,1-2,4H2. The SMILES string of the molecule is Oc1c(F)cc(F)c(F)c1C1CCNC1. The van der Waals surface area contributed by atoms with Crippen LogP contribution in [0.4, 0.5) is 13.2 Å². The van der Waals surface area contributed by atoms with E-state index in [1.807, 2.05) is 0 Å². The van der Waals surface area contributed by atoms with Crippen molar-refractivity contribution in [3.63, 3.8) is 0 Å². The number of halogens is 3. The Morgan fingerprint density at radius 2 is 2.00 bits per heavy atom. The Morgan fingerprint density at radius 3 is 2.60 bits per heavy atom. The molecule has 1 fully saturated rings. The van der Waals surface area contributed by atoms with Crippen molar-refractivity contribution in [2.75, 3.05) is 13.1 Å². The van der Waals surface area contributed by atoms with Gasteiger partial charge in [0.2, 0.25) is 0 Å². The van der Waals surface area contributed by atoms with Crippen LogP contribution in [0.3, 0.4) is 0 Å². The van der Waals surface area contributed by atoms with Gasteiger partial charge < -0.3 is 10.4 Å². The van der Waals surface area contributed by atoms with E-state index in [1.165, 1.54) is 0 Å². The lowest BCUT2D eigenvalue weighted by Crippen LogP contribution is -2.10. The summed E-state index contributed by atoms with van der Waals surface area (Å²) in [4.78, 5) is 0. The molecule has 1 aromatic carbocycles. The molecule has 2 rings (SSSR count). The van der Waals surface area contributed by atoms with Gasteiger partial charge in [0, 0.05) is 24.1 Å². The quantitative estimate of drug-likeness (QED) is 0.704. The van der Waals surface area contributed by atoms with Crippen LogP contribution in [0.15, 0.2) is 6.07 Å². The molecule has 5 heteroatoms. The molecular weight excluding hydrogens is 207 g/mol. The molecular formula is C10H10F3NO. The Bertz CT molecular complexity index is 362. The van der Waals surface area contributed by atoms with Crippen LogP contribution in [0, 0.1) is 17.5 Å². The van der Waals surface area contributed by atoms with E-state index in [9.17, 15) is 18.3 Å². The van der Waals surface area contributed by atoms with E-state index in [-0.39, 0.29) is 11.5 Å². The first-order chi connectivity index (χ1) is 7.11. The fraction of sp³-hybridized carbons (Fsp3) is 0.400. The molecule has 2 nitrogen and oxygen atoms in total. The number of hydrogen-bond donors (Lipinski definition) is 2. The highest BCUT2D eigenvalue weighted by Crippen LogP contribution is 2.35. The van der Waals surface area contributed by atoms with Gasteiger partial charge in [-0.2, -0.15) is 0 Å². The van der Waals surface area contributed by atoms with E-state index in [2.05, 4.69) is 5.32 Å². The van der Waals surface area contributed by atoms with Gasteiger partial charge in [-0.25, -0.2) is 13.2 Å². The smallest absolute Gasteiger partial charge is 0.168 e. The summed E-state index contributed by atoms with van der Waals surface area (Å²) in [6, 6.07) is 0.358. The van der Waals surface area contributed by atoms with Gasteiger partial charge >= 0.3 is 0 Å². The molecule has 1 heterocycles. The maximum atomic E-state index is 13.4. The molecule has 0 spiro atoms. The minimum Gasteiger partial charge on any atom is -0.505 e. The van der Waals surface area contributed by atoms with Crippen molar-refractivity contribution >= 4 is 0 Å². The van der Waals surface area contributed by atoms with Crippen LogP contribution in [0.25, 0.3) is 0 Å². The zero-order valence-electron chi connectivity index (χ0n) is 7.86. The average Bonchev–Trinajstić information content (AvgIpc) is 2.69. The summed E-state index contributed by atoms with van der Waals surface area (Å²) in [5, 5.41) is 12.3. The highest BCUT2D eigenvalue weighted by molar-refractivity contribution is 5.39. The van der Waals surface area contributed by atoms with Gasteiger partial charge in [0.15, 0.2) is 23.2 Å². The molecule has 0 radical (unpaired) electrons. The average molecular weight is 217 g/mol. The Balaban J connectivity index is 2.52. The summed E-state index contributed by atoms with van der Waals surface area (Å²) < 4.78 is 39.3. The summed E-state index contributed by atoms with van der Waals surface area (Å²) in [5.74, 6) is -4.66. The fourth-order valence-corrected chi connectivity index (χ4v) is 1.88. The summed E-state index contributed by atoms with van der Waals surface area (Å²) in [5.41, 5.74) is -0.252. The third-order valence-corrected chi connectivity index (χ3v) is 2.65. The number of benzene rings is 1. The number of phenols is 1. The van der Waals surface area contributed by atoms with Crippen molar-refractivity contribution in [1.82, 2.24) is 5.32 Å². The van der Waals surface area contributed by atoms with Crippen molar-refractivity contribution < 1.29 is 18.3 Å². The van der Waals surface area contributed by atoms with Gasteiger partial charge in [-0.1, -0.05) is 0 Å². The van der Waals surface area contributed by atoms with Gasteiger partial charge in [-0.3, -0.25) is 0 Å². The first-order valence-electron chi connectivity index (χ1n) is 4.68. The molecule has 0 aliphatic carbocycles. The highest BCUT2D eigenvalue weighted by atomic mass is 19.2. The Hall–Kier alpha value is -1.23. The van der Waals surface area contributed by atoms with Crippen LogP contribution in [0.5, 0.6) is 5.75 Å². The lowest BCUT2D eigenvalue weighted by atomic mass is 9.96. The second-order valence-electron chi connectivity index (χ2n) is 3.61. The van der Waals surface area contributed by atoms with Gasteiger partial charge in [-0.15, -0.1) is 0 Å². The number of nitrogens with one attached hydrogen (secondary N) is 1. The number of rotatable bonds is 1. The fourth-order valence-electron chi connectivity index (χ4n) is 1.88. The summed E-state index contributed by atoms with van der Waals surface area (Å²) in [7, 11) is 0. The van der Waals surface area contributed by atoms with Crippen molar-refractivity contribution in [3.8, 4) is 5.75 Å². The molecule has 15 heavy (non-hydrogen) atoms. The van der Waals surface area contributed by atoms with Crippen molar-refractivity contribution in [3.05, 3.63) is 29.1 Å².